The van der Waals surface area contributed by atoms with E-state index in [4.69, 9.17) is 4.74 Å². The monoisotopic (exact) mass is 349 g/mol. The molecule has 1 aromatic heterocycles. The molecule has 126 valence electrons. The van der Waals surface area contributed by atoms with E-state index in [0.29, 0.717) is 0 Å². The number of fused-ring (bicyclic) bond motifs is 2. The Balaban J connectivity index is 1.61. The zero-order valence-electron chi connectivity index (χ0n) is 14.1. The van der Waals surface area contributed by atoms with E-state index in [-0.39, 0.29) is 6.17 Å². The fourth-order valence-corrected chi connectivity index (χ4v) is 4.60. The van der Waals surface area contributed by atoms with E-state index in [1.807, 2.05) is 11.6 Å². The summed E-state index contributed by atoms with van der Waals surface area (Å²) >= 11 is 1.70. The van der Waals surface area contributed by atoms with Crippen molar-refractivity contribution >= 4 is 27.2 Å². The van der Waals surface area contributed by atoms with Crippen LogP contribution < -0.4 is 9.64 Å². The van der Waals surface area contributed by atoms with Crippen LogP contribution in [0.2, 0.25) is 0 Å². The molecule has 5 rings (SSSR count). The molecular weight excluding hydrogens is 330 g/mol. The standard InChI is InChI=1S/C20H19N3OS/c1-24-17-6-2-4-15(11-17)23-12-16-5-3-9-22(16)20(23)14-7-8-18-19(10-14)25-13-21-18/h2,4,6-8,10-13,20H,3,5,9H2,1H3. The molecule has 1 atom stereocenters. The molecule has 0 radical (unpaired) electrons. The van der Waals surface area contributed by atoms with Gasteiger partial charge in [0.2, 0.25) is 0 Å². The Labute approximate surface area is 151 Å². The third-order valence-corrected chi connectivity index (χ3v) is 5.84. The molecule has 25 heavy (non-hydrogen) atoms. The number of aromatic nitrogens is 1. The minimum atomic E-state index is 0.205. The van der Waals surface area contributed by atoms with Crippen LogP contribution in [0, 0.1) is 0 Å². The Bertz CT molecular complexity index is 964. The smallest absolute Gasteiger partial charge is 0.132 e. The van der Waals surface area contributed by atoms with Crippen LogP contribution in [-0.2, 0) is 0 Å². The van der Waals surface area contributed by atoms with Gasteiger partial charge in [-0.15, -0.1) is 11.3 Å². The third-order valence-electron chi connectivity index (χ3n) is 5.05. The van der Waals surface area contributed by atoms with E-state index in [0.717, 1.165) is 29.9 Å². The van der Waals surface area contributed by atoms with E-state index in [1.165, 1.54) is 22.4 Å². The summed E-state index contributed by atoms with van der Waals surface area (Å²) in [4.78, 5) is 9.32. The van der Waals surface area contributed by atoms with E-state index < -0.39 is 0 Å². The molecule has 5 heteroatoms. The van der Waals surface area contributed by atoms with Gasteiger partial charge in [0.15, 0.2) is 0 Å². The van der Waals surface area contributed by atoms with Gasteiger partial charge < -0.3 is 14.5 Å². The summed E-state index contributed by atoms with van der Waals surface area (Å²) in [6.07, 6.45) is 4.90. The van der Waals surface area contributed by atoms with Gasteiger partial charge in [-0.2, -0.15) is 0 Å². The quantitative estimate of drug-likeness (QED) is 0.681. The van der Waals surface area contributed by atoms with Gasteiger partial charge in [-0.05, 0) is 42.7 Å². The minimum absolute atomic E-state index is 0.205. The highest BCUT2D eigenvalue weighted by Gasteiger charge is 2.36. The Hall–Kier alpha value is -2.53. The predicted octanol–water partition coefficient (Wildman–Crippen LogP) is 4.76. The van der Waals surface area contributed by atoms with Crippen molar-refractivity contribution in [1.29, 1.82) is 0 Å². The number of benzene rings is 2. The van der Waals surface area contributed by atoms with Crippen molar-refractivity contribution < 1.29 is 4.74 Å². The first-order valence-electron chi connectivity index (χ1n) is 8.56. The maximum absolute atomic E-state index is 5.43. The predicted molar refractivity (Wildman–Crippen MR) is 102 cm³/mol. The van der Waals surface area contributed by atoms with Gasteiger partial charge in [0.1, 0.15) is 11.9 Å². The van der Waals surface area contributed by atoms with E-state index in [2.05, 4.69) is 57.4 Å². The fraction of sp³-hybridized carbons (Fsp3) is 0.250. The Morgan fingerprint density at radius 3 is 3.08 bits per heavy atom. The second-order valence-corrected chi connectivity index (χ2v) is 7.37. The molecule has 0 amide bonds. The molecule has 0 spiro atoms. The molecule has 1 unspecified atom stereocenters. The largest absolute Gasteiger partial charge is 0.497 e. The second kappa shape index (κ2) is 5.77. The molecule has 0 N–H and O–H groups in total. The summed E-state index contributed by atoms with van der Waals surface area (Å²) < 4.78 is 6.68. The number of thiazole rings is 1. The number of ether oxygens (including phenoxy) is 1. The number of hydrogen-bond acceptors (Lipinski definition) is 5. The average Bonchev–Trinajstić information content (AvgIpc) is 3.36. The first kappa shape index (κ1) is 14.8. The van der Waals surface area contributed by atoms with Crippen molar-refractivity contribution in [3.05, 3.63) is 65.4 Å². The van der Waals surface area contributed by atoms with E-state index >= 15 is 0 Å². The molecule has 1 fully saturated rings. The summed E-state index contributed by atoms with van der Waals surface area (Å²) in [7, 11) is 1.72. The summed E-state index contributed by atoms with van der Waals surface area (Å²) in [5.41, 5.74) is 6.90. The lowest BCUT2D eigenvalue weighted by Gasteiger charge is -2.32. The highest BCUT2D eigenvalue weighted by atomic mass is 32.1. The van der Waals surface area contributed by atoms with E-state index in [1.54, 1.807) is 18.4 Å². The number of methoxy groups -OCH3 is 1. The topological polar surface area (TPSA) is 28.6 Å². The van der Waals surface area contributed by atoms with Crippen LogP contribution >= 0.6 is 11.3 Å². The van der Waals surface area contributed by atoms with Crippen LogP contribution in [0.25, 0.3) is 10.2 Å². The fourth-order valence-electron chi connectivity index (χ4n) is 3.88. The zero-order chi connectivity index (χ0) is 16.8. The van der Waals surface area contributed by atoms with Crippen molar-refractivity contribution in [2.45, 2.75) is 19.0 Å². The molecule has 2 aliphatic heterocycles. The van der Waals surface area contributed by atoms with Crippen molar-refractivity contribution in [1.82, 2.24) is 9.88 Å². The Morgan fingerprint density at radius 1 is 1.20 bits per heavy atom. The molecule has 0 saturated carbocycles. The molecule has 2 aliphatic rings. The minimum Gasteiger partial charge on any atom is -0.497 e. The SMILES string of the molecule is COc1cccc(N2C=C3CCCN3C2c2ccc3ncsc3c2)c1. The summed E-state index contributed by atoms with van der Waals surface area (Å²) in [6.45, 7) is 1.11. The molecule has 3 aromatic rings. The van der Waals surface area contributed by atoms with Crippen LogP contribution in [0.15, 0.2) is 59.9 Å². The molecule has 0 aliphatic carbocycles. The van der Waals surface area contributed by atoms with E-state index in [9.17, 15) is 0 Å². The number of allylic oxidation sites excluding steroid dienone is 1. The first-order chi connectivity index (χ1) is 12.3. The third kappa shape index (κ3) is 2.38. The van der Waals surface area contributed by atoms with Gasteiger partial charge in [-0.1, -0.05) is 12.1 Å². The lowest BCUT2D eigenvalue weighted by molar-refractivity contribution is 0.319. The van der Waals surface area contributed by atoms with Crippen LogP contribution in [0.4, 0.5) is 5.69 Å². The summed E-state index contributed by atoms with van der Waals surface area (Å²) in [5.74, 6) is 0.889. The lowest BCUT2D eigenvalue weighted by Crippen LogP contribution is -2.30. The molecule has 3 heterocycles. The first-order valence-corrected chi connectivity index (χ1v) is 9.44. The van der Waals surface area contributed by atoms with Gasteiger partial charge in [0.25, 0.3) is 0 Å². The van der Waals surface area contributed by atoms with Gasteiger partial charge in [-0.25, -0.2) is 4.98 Å². The molecule has 1 saturated heterocycles. The number of nitrogens with zero attached hydrogens (tertiary/aromatic N) is 3. The maximum atomic E-state index is 5.43. The highest BCUT2D eigenvalue weighted by Crippen LogP contribution is 2.44. The second-order valence-electron chi connectivity index (χ2n) is 6.48. The van der Waals surface area contributed by atoms with Crippen molar-refractivity contribution in [2.24, 2.45) is 0 Å². The van der Waals surface area contributed by atoms with Crippen LogP contribution in [0.3, 0.4) is 0 Å². The highest BCUT2D eigenvalue weighted by molar-refractivity contribution is 7.16. The molecule has 4 nitrogen and oxygen atoms in total. The average molecular weight is 349 g/mol. The normalized spacial score (nSPS) is 19.4. The molecule has 0 bridgehead atoms. The van der Waals surface area contributed by atoms with Crippen molar-refractivity contribution in [3.63, 3.8) is 0 Å². The van der Waals surface area contributed by atoms with Crippen LogP contribution in [-0.4, -0.2) is 23.5 Å². The van der Waals surface area contributed by atoms with Gasteiger partial charge in [0, 0.05) is 30.2 Å². The summed E-state index contributed by atoms with van der Waals surface area (Å²) in [6, 6.07) is 15.0. The van der Waals surface area contributed by atoms with Crippen molar-refractivity contribution in [3.8, 4) is 5.75 Å². The number of rotatable bonds is 3. The van der Waals surface area contributed by atoms with Gasteiger partial charge in [-0.3, -0.25) is 0 Å². The maximum Gasteiger partial charge on any atom is 0.132 e. The summed E-state index contributed by atoms with van der Waals surface area (Å²) in [5, 5.41) is 0. The number of anilines is 1. The Kier molecular flexibility index (Phi) is 3.41. The van der Waals surface area contributed by atoms with Crippen LogP contribution in [0.5, 0.6) is 5.75 Å². The van der Waals surface area contributed by atoms with Crippen LogP contribution in [0.1, 0.15) is 24.6 Å². The molecular formula is C20H19N3OS. The van der Waals surface area contributed by atoms with Gasteiger partial charge in [0.05, 0.1) is 22.8 Å². The molecule has 2 aromatic carbocycles. The van der Waals surface area contributed by atoms with Crippen molar-refractivity contribution in [2.75, 3.05) is 18.6 Å². The zero-order valence-corrected chi connectivity index (χ0v) is 14.9. The Morgan fingerprint density at radius 2 is 2.16 bits per heavy atom. The lowest BCUT2D eigenvalue weighted by atomic mass is 10.1. The number of hydrogen-bond donors (Lipinski definition) is 0. The van der Waals surface area contributed by atoms with Gasteiger partial charge >= 0.3 is 0 Å².